The lowest BCUT2D eigenvalue weighted by molar-refractivity contribution is -0.145. The van der Waals surface area contributed by atoms with Crippen LogP contribution in [0.25, 0.3) is 10.8 Å². The summed E-state index contributed by atoms with van der Waals surface area (Å²) in [4.78, 5) is 17.5. The molecule has 0 bridgehead atoms. The summed E-state index contributed by atoms with van der Waals surface area (Å²) in [6.45, 7) is 1.95. The fraction of sp³-hybridized carbons (Fsp3) is 0.182. The molecule has 2 N–H and O–H groups in total. The normalized spacial score (nSPS) is 12.7. The van der Waals surface area contributed by atoms with Crippen LogP contribution in [-0.4, -0.2) is 11.8 Å². The van der Waals surface area contributed by atoms with Gasteiger partial charge in [-0.25, -0.2) is 4.79 Å². The highest BCUT2D eigenvalue weighted by atomic mass is 16.7. The number of hydrogen-bond donors (Lipinski definition) is 1. The van der Waals surface area contributed by atoms with Crippen molar-refractivity contribution in [2.24, 2.45) is 10.9 Å². The molecule has 3 rings (SSSR count). The topological polar surface area (TPSA) is 64.7 Å². The molecule has 1 atom stereocenters. The van der Waals surface area contributed by atoms with Gasteiger partial charge in [-0.15, -0.1) is 0 Å². The number of nitrogens with zero attached hydrogens (tertiary/aromatic N) is 1. The zero-order chi connectivity index (χ0) is 18.4. The van der Waals surface area contributed by atoms with Gasteiger partial charge in [-0.2, -0.15) is 0 Å². The van der Waals surface area contributed by atoms with Crippen molar-refractivity contribution in [3.8, 4) is 0 Å². The number of rotatable bonds is 6. The van der Waals surface area contributed by atoms with Crippen LogP contribution in [-0.2, 0) is 16.1 Å². The number of carbonyl (C=O) groups excluding carboxylic acids is 1. The molecule has 0 aromatic heterocycles. The van der Waals surface area contributed by atoms with Crippen LogP contribution in [0.15, 0.2) is 78.0 Å². The summed E-state index contributed by atoms with van der Waals surface area (Å²) < 4.78 is 0. The summed E-state index contributed by atoms with van der Waals surface area (Å²) in [5, 5.41) is 6.13. The van der Waals surface area contributed by atoms with Crippen molar-refractivity contribution < 1.29 is 9.63 Å². The maximum absolute atomic E-state index is 12.4. The van der Waals surface area contributed by atoms with E-state index in [0.29, 0.717) is 12.8 Å². The Morgan fingerprint density at radius 1 is 1.00 bits per heavy atom. The fourth-order valence-electron chi connectivity index (χ4n) is 3.07. The number of carbonyl (C=O) groups is 1. The van der Waals surface area contributed by atoms with Gasteiger partial charge in [-0.05, 0) is 28.3 Å². The Labute approximate surface area is 153 Å². The molecule has 0 saturated heterocycles. The van der Waals surface area contributed by atoms with Gasteiger partial charge in [0, 0.05) is 6.42 Å². The minimum absolute atomic E-state index is 0.276. The van der Waals surface area contributed by atoms with Crippen LogP contribution in [0.1, 0.15) is 30.4 Å². The first-order valence-electron chi connectivity index (χ1n) is 8.73. The van der Waals surface area contributed by atoms with Crippen LogP contribution < -0.4 is 5.73 Å². The molecule has 132 valence electrons. The maximum Gasteiger partial charge on any atom is 0.342 e. The van der Waals surface area contributed by atoms with E-state index in [1.807, 2.05) is 67.6 Å². The van der Waals surface area contributed by atoms with Crippen LogP contribution in [0, 0.1) is 0 Å². The smallest absolute Gasteiger partial charge is 0.342 e. The van der Waals surface area contributed by atoms with Crippen molar-refractivity contribution in [2.45, 2.75) is 25.7 Å². The van der Waals surface area contributed by atoms with Crippen molar-refractivity contribution in [3.63, 3.8) is 0 Å². The molecule has 0 heterocycles. The summed E-state index contributed by atoms with van der Waals surface area (Å²) in [6.07, 6.45) is 1.07. The predicted molar refractivity (Wildman–Crippen MR) is 105 cm³/mol. The van der Waals surface area contributed by atoms with Crippen LogP contribution in [0.2, 0.25) is 0 Å². The average Bonchev–Trinajstić information content (AvgIpc) is 2.68. The third-order valence-electron chi connectivity index (χ3n) is 4.40. The Bertz CT molecular complexity index is 914. The second-order valence-corrected chi connectivity index (χ2v) is 6.18. The van der Waals surface area contributed by atoms with Gasteiger partial charge in [0.05, 0.1) is 5.92 Å². The standard InChI is InChI=1S/C22H22N2O2/c1-2-19(16-9-4-3-5-10-16)22(25)26-24-21(23)15-18-13-8-12-17-11-6-7-14-20(17)18/h3-14,19H,2,15H2,1H3,(H2,23,24)/t19-/m0/s1. The van der Waals surface area contributed by atoms with E-state index in [0.717, 1.165) is 21.9 Å². The minimum Gasteiger partial charge on any atom is -0.384 e. The minimum atomic E-state index is -0.389. The molecule has 3 aromatic rings. The summed E-state index contributed by atoms with van der Waals surface area (Å²) in [7, 11) is 0. The van der Waals surface area contributed by atoms with Crippen LogP contribution in [0.5, 0.6) is 0 Å². The Hall–Kier alpha value is -3.14. The number of oxime groups is 1. The quantitative estimate of drug-likeness (QED) is 0.311. The van der Waals surface area contributed by atoms with Crippen molar-refractivity contribution in [3.05, 3.63) is 83.9 Å². The molecule has 0 aliphatic carbocycles. The molecule has 0 saturated carbocycles. The van der Waals surface area contributed by atoms with Crippen molar-refractivity contribution in [2.75, 3.05) is 0 Å². The van der Waals surface area contributed by atoms with Crippen LogP contribution in [0.3, 0.4) is 0 Å². The maximum atomic E-state index is 12.4. The predicted octanol–water partition coefficient (Wildman–Crippen LogP) is 4.39. The Balaban J connectivity index is 1.70. The second-order valence-electron chi connectivity index (χ2n) is 6.18. The van der Waals surface area contributed by atoms with Gasteiger partial charge in [0.2, 0.25) is 0 Å². The fourth-order valence-corrected chi connectivity index (χ4v) is 3.07. The zero-order valence-electron chi connectivity index (χ0n) is 14.8. The largest absolute Gasteiger partial charge is 0.384 e. The first kappa shape index (κ1) is 17.7. The molecular formula is C22H22N2O2. The van der Waals surface area contributed by atoms with Crippen molar-refractivity contribution >= 4 is 22.6 Å². The van der Waals surface area contributed by atoms with Crippen molar-refractivity contribution in [1.82, 2.24) is 0 Å². The van der Waals surface area contributed by atoms with Gasteiger partial charge < -0.3 is 10.6 Å². The number of benzene rings is 3. The molecule has 0 unspecified atom stereocenters. The average molecular weight is 346 g/mol. The van der Waals surface area contributed by atoms with E-state index in [1.54, 1.807) is 0 Å². The summed E-state index contributed by atoms with van der Waals surface area (Å²) >= 11 is 0. The van der Waals surface area contributed by atoms with Gasteiger partial charge in [-0.1, -0.05) is 84.9 Å². The number of hydrogen-bond acceptors (Lipinski definition) is 3. The molecule has 0 aliphatic heterocycles. The van der Waals surface area contributed by atoms with E-state index < -0.39 is 0 Å². The molecule has 3 aromatic carbocycles. The van der Waals surface area contributed by atoms with E-state index in [1.165, 1.54) is 0 Å². The Kier molecular flexibility index (Phi) is 5.64. The van der Waals surface area contributed by atoms with Gasteiger partial charge in [0.1, 0.15) is 5.84 Å². The Morgan fingerprint density at radius 3 is 2.46 bits per heavy atom. The highest BCUT2D eigenvalue weighted by Crippen LogP contribution is 2.21. The molecule has 0 amide bonds. The SMILES string of the molecule is CC[C@H](C(=O)O/N=C(/N)Cc1cccc2ccccc12)c1ccccc1. The molecule has 0 fully saturated rings. The lowest BCUT2D eigenvalue weighted by atomic mass is 9.97. The molecule has 4 nitrogen and oxygen atoms in total. The van der Waals surface area contributed by atoms with Gasteiger partial charge in [0.15, 0.2) is 0 Å². The first-order valence-corrected chi connectivity index (χ1v) is 8.73. The molecular weight excluding hydrogens is 324 g/mol. The monoisotopic (exact) mass is 346 g/mol. The first-order chi connectivity index (χ1) is 12.7. The molecule has 26 heavy (non-hydrogen) atoms. The van der Waals surface area contributed by atoms with E-state index in [-0.39, 0.29) is 17.7 Å². The second kappa shape index (κ2) is 8.30. The third-order valence-corrected chi connectivity index (χ3v) is 4.40. The van der Waals surface area contributed by atoms with E-state index in [4.69, 9.17) is 10.6 Å². The van der Waals surface area contributed by atoms with Crippen molar-refractivity contribution in [1.29, 1.82) is 0 Å². The number of nitrogens with two attached hydrogens (primary N) is 1. The Morgan fingerprint density at radius 2 is 1.69 bits per heavy atom. The highest BCUT2D eigenvalue weighted by molar-refractivity contribution is 5.91. The van der Waals surface area contributed by atoms with Gasteiger partial charge in [-0.3, -0.25) is 0 Å². The number of amidine groups is 1. The number of fused-ring (bicyclic) bond motifs is 1. The van der Waals surface area contributed by atoms with Gasteiger partial charge >= 0.3 is 5.97 Å². The van der Waals surface area contributed by atoms with Crippen LogP contribution in [0.4, 0.5) is 0 Å². The van der Waals surface area contributed by atoms with E-state index >= 15 is 0 Å². The zero-order valence-corrected chi connectivity index (χ0v) is 14.8. The van der Waals surface area contributed by atoms with Gasteiger partial charge in [0.25, 0.3) is 0 Å². The highest BCUT2D eigenvalue weighted by Gasteiger charge is 2.20. The summed E-state index contributed by atoms with van der Waals surface area (Å²) in [5.41, 5.74) is 7.97. The van der Waals surface area contributed by atoms with Crippen LogP contribution >= 0.6 is 0 Å². The lowest BCUT2D eigenvalue weighted by Gasteiger charge is -2.12. The molecule has 0 aliphatic rings. The molecule has 0 radical (unpaired) electrons. The summed E-state index contributed by atoms with van der Waals surface area (Å²) in [6, 6.07) is 23.7. The van der Waals surface area contributed by atoms with E-state index in [9.17, 15) is 4.79 Å². The summed E-state index contributed by atoms with van der Waals surface area (Å²) in [5.74, 6) is -0.456. The molecule has 4 heteroatoms. The third kappa shape index (κ3) is 4.09. The molecule has 0 spiro atoms. The lowest BCUT2D eigenvalue weighted by Crippen LogP contribution is -2.19. The van der Waals surface area contributed by atoms with E-state index in [2.05, 4.69) is 17.3 Å².